The Balaban J connectivity index is 1.80. The van der Waals surface area contributed by atoms with E-state index in [9.17, 15) is 9.59 Å². The third kappa shape index (κ3) is 4.82. The van der Waals surface area contributed by atoms with E-state index in [1.807, 2.05) is 28.8 Å². The number of nitrogens with two attached hydrogens (primary N) is 1. The van der Waals surface area contributed by atoms with Crippen molar-refractivity contribution in [1.29, 1.82) is 0 Å². The number of nitrogens with one attached hydrogen (secondary N) is 1. The molecule has 4 aromatic rings. The van der Waals surface area contributed by atoms with E-state index >= 15 is 0 Å². The number of fused-ring (bicyclic) bond motifs is 1. The summed E-state index contributed by atoms with van der Waals surface area (Å²) in [4.78, 5) is 32.5. The van der Waals surface area contributed by atoms with Crippen molar-refractivity contribution in [2.45, 2.75) is 0 Å². The van der Waals surface area contributed by atoms with Crippen LogP contribution >= 0.6 is 0 Å². The van der Waals surface area contributed by atoms with Crippen LogP contribution in [0.4, 0.5) is 0 Å². The van der Waals surface area contributed by atoms with Crippen molar-refractivity contribution in [3.8, 4) is 17.4 Å². The maximum atomic E-state index is 12.1. The van der Waals surface area contributed by atoms with Crippen molar-refractivity contribution in [3.05, 3.63) is 66.5 Å². The van der Waals surface area contributed by atoms with E-state index in [0.717, 1.165) is 20.0 Å². The van der Waals surface area contributed by atoms with E-state index in [1.165, 1.54) is 0 Å². The molecule has 0 atom stereocenters. The Morgan fingerprint density at radius 1 is 1.09 bits per heavy atom. The molecule has 2 aromatic carbocycles. The molecule has 10 heteroatoms. The molecule has 2 heterocycles. The van der Waals surface area contributed by atoms with Gasteiger partial charge in [-0.3, -0.25) is 0 Å². The van der Waals surface area contributed by atoms with Crippen LogP contribution in [0.15, 0.2) is 60.9 Å². The fraction of sp³-hybridized carbons (Fsp3) is 0.130. The Hall–Kier alpha value is -3.88. The summed E-state index contributed by atoms with van der Waals surface area (Å²) in [6.07, 6.45) is 3.35. The standard InChI is InChI=1S/C23H21N5O4Se/c1-25-20(29)13-32-16-4-6-18-14(10-16)11-21(28(18)23-26-8-3-9-27-23)33-19-7-5-15(31-2)12-17(19)22(24)30/h3-12H,13H2,1-2H3,(H2,24,30)(H,25,29). The minimum atomic E-state index is -0.519. The number of likely N-dealkylation sites (N-methyl/N-ethyl adjacent to an activating group) is 1. The van der Waals surface area contributed by atoms with Gasteiger partial charge in [0.2, 0.25) is 0 Å². The van der Waals surface area contributed by atoms with E-state index in [2.05, 4.69) is 15.3 Å². The Morgan fingerprint density at radius 3 is 2.55 bits per heavy atom. The molecule has 0 unspecified atom stereocenters. The van der Waals surface area contributed by atoms with Crippen LogP contribution in [0.1, 0.15) is 10.4 Å². The number of nitrogens with zero attached hydrogens (tertiary/aromatic N) is 3. The van der Waals surface area contributed by atoms with Crippen molar-refractivity contribution < 1.29 is 19.1 Å². The first-order chi connectivity index (χ1) is 16.0. The molecule has 0 aliphatic heterocycles. The molecular formula is C23H21N5O4Se. The number of amides is 2. The summed E-state index contributed by atoms with van der Waals surface area (Å²) in [5.74, 6) is 0.909. The van der Waals surface area contributed by atoms with Gasteiger partial charge in [-0.05, 0) is 0 Å². The van der Waals surface area contributed by atoms with E-state index in [1.54, 1.807) is 50.8 Å². The molecule has 3 N–H and O–H groups in total. The summed E-state index contributed by atoms with van der Waals surface area (Å²) in [6.45, 7) is -0.0743. The summed E-state index contributed by atoms with van der Waals surface area (Å²) < 4.78 is 14.5. The molecule has 0 fully saturated rings. The Morgan fingerprint density at radius 2 is 1.85 bits per heavy atom. The SMILES string of the molecule is CNC(=O)COc1ccc2c(c1)cc([Se]c1ccc(OC)cc1C(N)=O)n2-c1ncccn1. The first-order valence-corrected chi connectivity index (χ1v) is 11.6. The molecule has 9 nitrogen and oxygen atoms in total. The molecule has 4 rings (SSSR count). The van der Waals surface area contributed by atoms with Crippen LogP contribution in [0.25, 0.3) is 16.9 Å². The van der Waals surface area contributed by atoms with Gasteiger partial charge in [0.15, 0.2) is 0 Å². The summed E-state index contributed by atoms with van der Waals surface area (Å²) in [5.41, 5.74) is 6.93. The molecule has 0 aliphatic rings. The average molecular weight is 510 g/mol. The van der Waals surface area contributed by atoms with Crippen molar-refractivity contribution in [2.75, 3.05) is 20.8 Å². The fourth-order valence-corrected chi connectivity index (χ4v) is 5.48. The van der Waals surface area contributed by atoms with Crippen LogP contribution in [0.5, 0.6) is 11.5 Å². The fourth-order valence-electron chi connectivity index (χ4n) is 3.20. The van der Waals surface area contributed by atoms with Crippen LogP contribution in [0.2, 0.25) is 0 Å². The van der Waals surface area contributed by atoms with Gasteiger partial charge in [0.1, 0.15) is 0 Å². The summed E-state index contributed by atoms with van der Waals surface area (Å²) >= 11 is -0.308. The second kappa shape index (κ2) is 9.72. The minimum absolute atomic E-state index is 0.0743. The molecule has 168 valence electrons. The van der Waals surface area contributed by atoms with Gasteiger partial charge in [-0.15, -0.1) is 0 Å². The van der Waals surface area contributed by atoms with E-state index in [-0.39, 0.29) is 27.5 Å². The topological polar surface area (TPSA) is 121 Å². The van der Waals surface area contributed by atoms with Crippen LogP contribution in [0.3, 0.4) is 0 Å². The van der Waals surface area contributed by atoms with Gasteiger partial charge < -0.3 is 0 Å². The predicted octanol–water partition coefficient (Wildman–Crippen LogP) is 0.308. The predicted molar refractivity (Wildman–Crippen MR) is 125 cm³/mol. The molecule has 0 saturated carbocycles. The average Bonchev–Trinajstić information content (AvgIpc) is 3.20. The van der Waals surface area contributed by atoms with E-state index in [4.69, 9.17) is 15.2 Å². The van der Waals surface area contributed by atoms with E-state index in [0.29, 0.717) is 23.0 Å². The Kier molecular flexibility index (Phi) is 6.58. The number of carbonyl (C=O) groups is 2. The van der Waals surface area contributed by atoms with Crippen molar-refractivity contribution in [2.24, 2.45) is 5.73 Å². The van der Waals surface area contributed by atoms with Crippen LogP contribution < -0.4 is 29.6 Å². The number of rotatable bonds is 8. The van der Waals surface area contributed by atoms with Crippen LogP contribution in [-0.2, 0) is 4.79 Å². The number of methoxy groups -OCH3 is 1. The van der Waals surface area contributed by atoms with Gasteiger partial charge in [-0.1, -0.05) is 0 Å². The van der Waals surface area contributed by atoms with Gasteiger partial charge >= 0.3 is 196 Å². The number of aromatic nitrogens is 3. The molecule has 0 radical (unpaired) electrons. The molecule has 0 aliphatic carbocycles. The van der Waals surface area contributed by atoms with Gasteiger partial charge in [0.25, 0.3) is 0 Å². The van der Waals surface area contributed by atoms with Gasteiger partial charge in [0, 0.05) is 0 Å². The van der Waals surface area contributed by atoms with Gasteiger partial charge in [-0.25, -0.2) is 0 Å². The van der Waals surface area contributed by atoms with Gasteiger partial charge in [0.05, 0.1) is 0 Å². The second-order valence-corrected chi connectivity index (χ2v) is 9.11. The molecule has 0 bridgehead atoms. The van der Waals surface area contributed by atoms with Crippen LogP contribution in [-0.4, -0.2) is 62.1 Å². The Labute approximate surface area is 196 Å². The van der Waals surface area contributed by atoms with Crippen molar-refractivity contribution in [1.82, 2.24) is 19.9 Å². The maximum absolute atomic E-state index is 12.1. The first-order valence-electron chi connectivity index (χ1n) is 9.92. The van der Waals surface area contributed by atoms with Crippen molar-refractivity contribution in [3.63, 3.8) is 0 Å². The quantitative estimate of drug-likeness (QED) is 0.329. The molecule has 2 aromatic heterocycles. The number of hydrogen-bond acceptors (Lipinski definition) is 6. The zero-order valence-electron chi connectivity index (χ0n) is 17.9. The molecule has 0 saturated heterocycles. The number of primary amides is 1. The summed E-state index contributed by atoms with van der Waals surface area (Å²) in [6, 6.07) is 14.6. The number of hydrogen-bond donors (Lipinski definition) is 2. The molecule has 0 spiro atoms. The first kappa shape index (κ1) is 22.3. The van der Waals surface area contributed by atoms with Gasteiger partial charge in [-0.2, -0.15) is 0 Å². The summed E-state index contributed by atoms with van der Waals surface area (Å²) in [5, 5.41) is 3.42. The normalized spacial score (nSPS) is 10.7. The second-order valence-electron chi connectivity index (χ2n) is 6.88. The van der Waals surface area contributed by atoms with Crippen LogP contribution in [0, 0.1) is 0 Å². The monoisotopic (exact) mass is 511 g/mol. The number of ether oxygens (including phenoxy) is 2. The third-order valence-electron chi connectivity index (χ3n) is 4.81. The zero-order chi connectivity index (χ0) is 23.4. The Bertz CT molecular complexity index is 1320. The van der Waals surface area contributed by atoms with E-state index < -0.39 is 5.91 Å². The summed E-state index contributed by atoms with van der Waals surface area (Å²) in [7, 11) is 3.10. The zero-order valence-corrected chi connectivity index (χ0v) is 19.7. The third-order valence-corrected chi connectivity index (χ3v) is 7.08. The molecular weight excluding hydrogens is 489 g/mol. The number of carbonyl (C=O) groups excluding carboxylic acids is 2. The van der Waals surface area contributed by atoms with Crippen molar-refractivity contribution >= 4 is 46.7 Å². The molecule has 2 amide bonds. The molecule has 33 heavy (non-hydrogen) atoms. The number of benzene rings is 2.